The Morgan fingerprint density at radius 1 is 1.39 bits per heavy atom. The van der Waals surface area contributed by atoms with Gasteiger partial charge in [0.1, 0.15) is 5.82 Å². The van der Waals surface area contributed by atoms with E-state index in [-0.39, 0.29) is 0 Å². The Labute approximate surface area is 110 Å². The molecule has 1 aromatic heterocycles. The summed E-state index contributed by atoms with van der Waals surface area (Å²) < 4.78 is 0. The summed E-state index contributed by atoms with van der Waals surface area (Å²) in [7, 11) is 0. The highest BCUT2D eigenvalue weighted by molar-refractivity contribution is 5.48. The molecule has 0 saturated heterocycles. The van der Waals surface area contributed by atoms with Crippen LogP contribution in [0.3, 0.4) is 0 Å². The van der Waals surface area contributed by atoms with Gasteiger partial charge >= 0.3 is 0 Å². The summed E-state index contributed by atoms with van der Waals surface area (Å²) in [4.78, 5) is 6.89. The van der Waals surface area contributed by atoms with Crippen LogP contribution < -0.4 is 4.90 Å². The Morgan fingerprint density at radius 2 is 2.11 bits per heavy atom. The number of anilines is 1. The zero-order valence-electron chi connectivity index (χ0n) is 11.5. The predicted octanol–water partition coefficient (Wildman–Crippen LogP) is 3.29. The first-order chi connectivity index (χ1) is 8.74. The van der Waals surface area contributed by atoms with Crippen LogP contribution in [0, 0.1) is 0 Å². The monoisotopic (exact) mass is 248 g/mol. The van der Waals surface area contributed by atoms with Crippen molar-refractivity contribution < 1.29 is 5.11 Å². The second-order valence-corrected chi connectivity index (χ2v) is 5.17. The molecule has 1 unspecified atom stereocenters. The summed E-state index contributed by atoms with van der Waals surface area (Å²) in [6.45, 7) is 4.95. The molecule has 0 aromatic carbocycles. The van der Waals surface area contributed by atoms with E-state index in [2.05, 4.69) is 16.8 Å². The third kappa shape index (κ3) is 2.83. The van der Waals surface area contributed by atoms with E-state index in [1.807, 2.05) is 25.3 Å². The number of nitrogens with zero attached hydrogens (tertiary/aromatic N) is 2. The lowest BCUT2D eigenvalue weighted by Gasteiger charge is -2.35. The molecular formula is C15H24N2O. The van der Waals surface area contributed by atoms with E-state index in [4.69, 9.17) is 0 Å². The van der Waals surface area contributed by atoms with Crippen molar-refractivity contribution >= 4 is 5.82 Å². The standard InChI is InChI=1S/C15H24N2O/c1-3-17(13-8-5-4-6-9-13)15-14(12(2)18)10-7-11-16-15/h7,10-13,18H,3-6,8-9H2,1-2H3. The SMILES string of the molecule is CCN(c1ncccc1C(C)O)C1CCCCC1. The number of aliphatic hydroxyl groups excluding tert-OH is 1. The molecule has 1 fully saturated rings. The minimum Gasteiger partial charge on any atom is -0.389 e. The van der Waals surface area contributed by atoms with Gasteiger partial charge in [-0.25, -0.2) is 4.98 Å². The van der Waals surface area contributed by atoms with Crippen molar-refractivity contribution in [2.45, 2.75) is 58.1 Å². The zero-order chi connectivity index (χ0) is 13.0. The highest BCUT2D eigenvalue weighted by atomic mass is 16.3. The van der Waals surface area contributed by atoms with E-state index in [0.717, 1.165) is 17.9 Å². The van der Waals surface area contributed by atoms with Gasteiger partial charge in [0.15, 0.2) is 0 Å². The average Bonchev–Trinajstić information content (AvgIpc) is 2.41. The first kappa shape index (κ1) is 13.3. The van der Waals surface area contributed by atoms with Gasteiger partial charge in [-0.1, -0.05) is 25.3 Å². The summed E-state index contributed by atoms with van der Waals surface area (Å²) in [5.41, 5.74) is 0.949. The molecule has 1 heterocycles. The number of hydrogen-bond donors (Lipinski definition) is 1. The quantitative estimate of drug-likeness (QED) is 0.888. The lowest BCUT2D eigenvalue weighted by Crippen LogP contribution is -2.38. The summed E-state index contributed by atoms with van der Waals surface area (Å²) in [5.74, 6) is 0.974. The van der Waals surface area contributed by atoms with E-state index >= 15 is 0 Å². The smallest absolute Gasteiger partial charge is 0.134 e. The molecule has 0 radical (unpaired) electrons. The molecule has 1 aliphatic rings. The summed E-state index contributed by atoms with van der Waals surface area (Å²) in [5, 5.41) is 9.88. The number of rotatable bonds is 4. The molecule has 0 bridgehead atoms. The normalized spacial score (nSPS) is 18.6. The van der Waals surface area contributed by atoms with Crippen LogP contribution in [0.25, 0.3) is 0 Å². The van der Waals surface area contributed by atoms with E-state index in [0.29, 0.717) is 6.04 Å². The first-order valence-electron chi connectivity index (χ1n) is 7.13. The van der Waals surface area contributed by atoms with Crippen LogP contribution in [0.2, 0.25) is 0 Å². The van der Waals surface area contributed by atoms with Gasteiger partial charge in [0.05, 0.1) is 6.10 Å². The van der Waals surface area contributed by atoms with Crippen molar-refractivity contribution in [3.05, 3.63) is 23.9 Å². The van der Waals surface area contributed by atoms with Gasteiger partial charge in [-0.15, -0.1) is 0 Å². The molecular weight excluding hydrogens is 224 g/mol. The molecule has 100 valence electrons. The molecule has 1 saturated carbocycles. The fourth-order valence-corrected chi connectivity index (χ4v) is 2.95. The minimum atomic E-state index is -0.452. The third-order valence-corrected chi connectivity index (χ3v) is 3.90. The lowest BCUT2D eigenvalue weighted by molar-refractivity contribution is 0.199. The van der Waals surface area contributed by atoms with Crippen LogP contribution in [0.15, 0.2) is 18.3 Å². The van der Waals surface area contributed by atoms with Gasteiger partial charge in [0.2, 0.25) is 0 Å². The largest absolute Gasteiger partial charge is 0.389 e. The molecule has 1 aliphatic carbocycles. The van der Waals surface area contributed by atoms with E-state index < -0.39 is 6.10 Å². The van der Waals surface area contributed by atoms with Gasteiger partial charge in [-0.2, -0.15) is 0 Å². The summed E-state index contributed by atoms with van der Waals surface area (Å²) >= 11 is 0. The van der Waals surface area contributed by atoms with Gasteiger partial charge in [-0.3, -0.25) is 0 Å². The Morgan fingerprint density at radius 3 is 2.72 bits per heavy atom. The second kappa shape index (κ2) is 6.19. The van der Waals surface area contributed by atoms with Crippen molar-refractivity contribution in [3.8, 4) is 0 Å². The molecule has 0 amide bonds. The van der Waals surface area contributed by atoms with Gasteiger partial charge in [0, 0.05) is 24.3 Å². The van der Waals surface area contributed by atoms with E-state index in [1.54, 1.807) is 0 Å². The molecule has 0 spiro atoms. The molecule has 18 heavy (non-hydrogen) atoms. The zero-order valence-corrected chi connectivity index (χ0v) is 11.5. The van der Waals surface area contributed by atoms with Crippen LogP contribution in [0.5, 0.6) is 0 Å². The molecule has 0 aliphatic heterocycles. The number of aliphatic hydroxyl groups is 1. The Kier molecular flexibility index (Phi) is 4.59. The highest BCUT2D eigenvalue weighted by Gasteiger charge is 2.23. The Hall–Kier alpha value is -1.09. The second-order valence-electron chi connectivity index (χ2n) is 5.17. The highest BCUT2D eigenvalue weighted by Crippen LogP contribution is 2.30. The molecule has 1 N–H and O–H groups in total. The van der Waals surface area contributed by atoms with Crippen LogP contribution in [0.1, 0.15) is 57.6 Å². The van der Waals surface area contributed by atoms with E-state index in [9.17, 15) is 5.11 Å². The maximum Gasteiger partial charge on any atom is 0.134 e. The fraction of sp³-hybridized carbons (Fsp3) is 0.667. The van der Waals surface area contributed by atoms with Crippen molar-refractivity contribution in [2.75, 3.05) is 11.4 Å². The molecule has 1 atom stereocenters. The Balaban J connectivity index is 2.26. The summed E-state index contributed by atoms with van der Waals surface area (Å²) in [6, 6.07) is 4.48. The minimum absolute atomic E-state index is 0.452. The maximum absolute atomic E-state index is 9.88. The van der Waals surface area contributed by atoms with Crippen LogP contribution in [-0.4, -0.2) is 22.7 Å². The molecule has 1 aromatic rings. The van der Waals surface area contributed by atoms with Crippen LogP contribution in [0.4, 0.5) is 5.82 Å². The van der Waals surface area contributed by atoms with Crippen molar-refractivity contribution in [1.82, 2.24) is 4.98 Å². The number of hydrogen-bond acceptors (Lipinski definition) is 3. The Bertz CT molecular complexity index is 373. The van der Waals surface area contributed by atoms with E-state index in [1.165, 1.54) is 32.1 Å². The van der Waals surface area contributed by atoms with Crippen LogP contribution >= 0.6 is 0 Å². The number of pyridine rings is 1. The van der Waals surface area contributed by atoms with Gasteiger partial charge < -0.3 is 10.0 Å². The first-order valence-corrected chi connectivity index (χ1v) is 7.13. The average molecular weight is 248 g/mol. The topological polar surface area (TPSA) is 36.4 Å². The maximum atomic E-state index is 9.88. The van der Waals surface area contributed by atoms with Gasteiger partial charge in [-0.05, 0) is 32.8 Å². The van der Waals surface area contributed by atoms with Crippen LogP contribution in [-0.2, 0) is 0 Å². The lowest BCUT2D eigenvalue weighted by atomic mass is 9.93. The van der Waals surface area contributed by atoms with Crippen molar-refractivity contribution in [3.63, 3.8) is 0 Å². The van der Waals surface area contributed by atoms with Crippen molar-refractivity contribution in [2.24, 2.45) is 0 Å². The molecule has 3 heteroatoms. The predicted molar refractivity (Wildman–Crippen MR) is 74.8 cm³/mol. The molecule has 2 rings (SSSR count). The third-order valence-electron chi connectivity index (χ3n) is 3.90. The van der Waals surface area contributed by atoms with Gasteiger partial charge in [0.25, 0.3) is 0 Å². The number of aromatic nitrogens is 1. The van der Waals surface area contributed by atoms with Crippen molar-refractivity contribution in [1.29, 1.82) is 0 Å². The molecule has 3 nitrogen and oxygen atoms in total. The summed E-state index contributed by atoms with van der Waals surface area (Å²) in [6.07, 6.45) is 7.88. The fourth-order valence-electron chi connectivity index (χ4n) is 2.95.